The van der Waals surface area contributed by atoms with Crippen molar-refractivity contribution < 1.29 is 0 Å². The predicted molar refractivity (Wildman–Crippen MR) is 79.1 cm³/mol. The van der Waals surface area contributed by atoms with Gasteiger partial charge in [-0.15, -0.1) is 0 Å². The quantitative estimate of drug-likeness (QED) is 0.274. The van der Waals surface area contributed by atoms with Crippen LogP contribution in [0.25, 0.3) is 0 Å². The summed E-state index contributed by atoms with van der Waals surface area (Å²) in [5.41, 5.74) is 0. The Morgan fingerprint density at radius 1 is 0.769 bits per heavy atom. The minimum Gasteiger partial charge on any atom is -0.0672 e. The summed E-state index contributed by atoms with van der Waals surface area (Å²) in [6, 6.07) is 0. The van der Waals surface area contributed by atoms with E-state index in [0.29, 0.717) is 1.43 Å². The van der Waals surface area contributed by atoms with E-state index >= 15 is 0 Å². The summed E-state index contributed by atoms with van der Waals surface area (Å²) < 4.78 is 0.542. The van der Waals surface area contributed by atoms with Gasteiger partial charge in [0.1, 0.15) is 0 Å². The third kappa shape index (κ3) is 9.76. The molecule has 0 saturated heterocycles. The fourth-order valence-corrected chi connectivity index (χ4v) is 2.92. The molecule has 0 aliphatic rings. The van der Waals surface area contributed by atoms with Gasteiger partial charge in [0.25, 0.3) is 0 Å². The van der Waals surface area contributed by atoms with E-state index in [1.54, 1.807) is 0 Å². The molecule has 0 saturated carbocycles. The van der Waals surface area contributed by atoms with Crippen LogP contribution in [-0.4, -0.2) is 1.43 Å². The molecule has 13 heavy (non-hydrogen) atoms. The number of halogens is 2. The van der Waals surface area contributed by atoms with Crippen molar-refractivity contribution in [1.29, 1.82) is 0 Å². The first kappa shape index (κ1) is 14.5. The molecule has 0 spiro atoms. The van der Waals surface area contributed by atoms with E-state index in [1.807, 2.05) is 0 Å². The molecule has 0 heterocycles. The maximum absolute atomic E-state index is 2.64. The monoisotopic (exact) mass is 408 g/mol. The largest absolute Gasteiger partial charge is 0.0734 e. The van der Waals surface area contributed by atoms with Crippen molar-refractivity contribution in [1.82, 2.24) is 0 Å². The molecule has 2 heteroatoms. The van der Waals surface area contributed by atoms with Crippen molar-refractivity contribution >= 4 is 45.2 Å². The van der Waals surface area contributed by atoms with Crippen LogP contribution in [0.1, 0.15) is 65.2 Å². The maximum Gasteiger partial charge on any atom is 0.0734 e. The third-order valence-electron chi connectivity index (χ3n) is 2.29. The van der Waals surface area contributed by atoms with Gasteiger partial charge >= 0.3 is 0 Å². The topological polar surface area (TPSA) is 0 Å². The maximum atomic E-state index is 2.64. The van der Waals surface area contributed by atoms with Crippen LogP contribution in [0.5, 0.6) is 0 Å². The zero-order valence-electron chi connectivity index (χ0n) is 8.91. The number of hydrogen-bond acceptors (Lipinski definition) is 0. The van der Waals surface area contributed by atoms with Gasteiger partial charge in [0.2, 0.25) is 0 Å². The molecule has 0 aromatic rings. The molecule has 0 bridgehead atoms. The first-order chi connectivity index (χ1) is 6.12. The normalized spacial score (nSPS) is 12.0. The summed E-state index contributed by atoms with van der Waals surface area (Å²) >= 11 is 5.28. The van der Waals surface area contributed by atoms with Gasteiger partial charge in [-0.05, 0) is 12.8 Å². The van der Waals surface area contributed by atoms with Gasteiger partial charge in [0.05, 0.1) is 1.43 Å². The van der Waals surface area contributed by atoms with Gasteiger partial charge in [-0.1, -0.05) is 97.6 Å². The lowest BCUT2D eigenvalue weighted by molar-refractivity contribution is 0.585. The van der Waals surface area contributed by atoms with Crippen LogP contribution in [0.4, 0.5) is 0 Å². The summed E-state index contributed by atoms with van der Waals surface area (Å²) in [7, 11) is 0. The van der Waals surface area contributed by atoms with Gasteiger partial charge in [-0.3, -0.25) is 0 Å². The molecule has 0 atom stereocenters. The lowest BCUT2D eigenvalue weighted by Gasteiger charge is -2.20. The Kier molecular flexibility index (Phi) is 9.72. The molecule has 0 fully saturated rings. The van der Waals surface area contributed by atoms with Crippen LogP contribution in [-0.2, 0) is 0 Å². The zero-order chi connectivity index (χ0) is 10.2. The van der Waals surface area contributed by atoms with Gasteiger partial charge in [-0.2, -0.15) is 0 Å². The van der Waals surface area contributed by atoms with E-state index in [0.717, 1.165) is 0 Å². The predicted octanol–water partition coefficient (Wildman–Crippen LogP) is 5.71. The minimum absolute atomic E-state index is 0.542. The molecular weight excluding hydrogens is 386 g/mol. The van der Waals surface area contributed by atoms with Crippen molar-refractivity contribution in [2.75, 3.05) is 0 Å². The molecule has 0 N–H and O–H groups in total. The molecule has 0 aromatic carbocycles. The molecule has 0 nitrogen and oxygen atoms in total. The second-order valence-corrected chi connectivity index (χ2v) is 9.96. The Bertz CT molecular complexity index is 98.7. The average molecular weight is 408 g/mol. The number of alkyl halides is 2. The summed E-state index contributed by atoms with van der Waals surface area (Å²) in [5, 5.41) is 0. The molecule has 0 aliphatic carbocycles. The highest BCUT2D eigenvalue weighted by atomic mass is 127. The van der Waals surface area contributed by atoms with E-state index in [-0.39, 0.29) is 0 Å². The first-order valence-corrected chi connectivity index (χ1v) is 7.66. The average Bonchev–Trinajstić information content (AvgIpc) is 2.05. The summed E-state index contributed by atoms with van der Waals surface area (Å²) in [6.45, 7) is 4.55. The Balaban J connectivity index is 3.42. The van der Waals surface area contributed by atoms with Crippen molar-refractivity contribution in [2.45, 2.75) is 66.6 Å². The lowest BCUT2D eigenvalue weighted by atomic mass is 10.1. The third-order valence-corrected chi connectivity index (χ3v) is 4.45. The molecule has 0 radical (unpaired) electrons. The van der Waals surface area contributed by atoms with E-state index in [9.17, 15) is 0 Å². The summed E-state index contributed by atoms with van der Waals surface area (Å²) in [6.07, 6.45) is 11.1. The molecule has 0 rings (SSSR count). The van der Waals surface area contributed by atoms with Crippen LogP contribution in [0.3, 0.4) is 0 Å². The Hall–Kier alpha value is 1.46. The van der Waals surface area contributed by atoms with Crippen LogP contribution in [0, 0.1) is 0 Å². The second kappa shape index (κ2) is 8.74. The van der Waals surface area contributed by atoms with Crippen molar-refractivity contribution in [3.05, 3.63) is 0 Å². The second-order valence-electron chi connectivity index (χ2n) is 3.77. The molecule has 0 unspecified atom stereocenters. The van der Waals surface area contributed by atoms with E-state index in [4.69, 9.17) is 0 Å². The van der Waals surface area contributed by atoms with Gasteiger partial charge in [-0.25, -0.2) is 0 Å². The molecule has 0 aliphatic heterocycles. The fourth-order valence-electron chi connectivity index (χ4n) is 1.39. The van der Waals surface area contributed by atoms with Crippen molar-refractivity contribution in [2.24, 2.45) is 0 Å². The lowest BCUT2D eigenvalue weighted by Crippen LogP contribution is -2.10. The van der Waals surface area contributed by atoms with Gasteiger partial charge < -0.3 is 0 Å². The zero-order valence-corrected chi connectivity index (χ0v) is 13.2. The van der Waals surface area contributed by atoms with Crippen LogP contribution in [0.2, 0.25) is 0 Å². The highest BCUT2D eigenvalue weighted by molar-refractivity contribution is 14.2. The fraction of sp³-hybridized carbons (Fsp3) is 1.00. The summed E-state index contributed by atoms with van der Waals surface area (Å²) in [4.78, 5) is 0. The van der Waals surface area contributed by atoms with Crippen molar-refractivity contribution in [3.63, 3.8) is 0 Å². The minimum atomic E-state index is 0.542. The van der Waals surface area contributed by atoms with Crippen LogP contribution < -0.4 is 0 Å². The standard InChI is InChI=1S/C11H22I2/c1-3-5-7-9-11(12,13)10-8-6-4-2/h3-10H2,1-2H3. The van der Waals surface area contributed by atoms with E-state index in [1.165, 1.54) is 51.4 Å². The SMILES string of the molecule is CCCCCC(I)(I)CCCCC. The Labute approximate surface area is 111 Å². The van der Waals surface area contributed by atoms with Crippen LogP contribution in [0.15, 0.2) is 0 Å². The number of rotatable bonds is 8. The van der Waals surface area contributed by atoms with Crippen molar-refractivity contribution in [3.8, 4) is 0 Å². The van der Waals surface area contributed by atoms with Crippen LogP contribution >= 0.6 is 45.2 Å². The molecule has 0 aromatic heterocycles. The highest BCUT2D eigenvalue weighted by Gasteiger charge is 2.20. The number of hydrogen-bond donors (Lipinski definition) is 0. The van der Waals surface area contributed by atoms with E-state index in [2.05, 4.69) is 59.0 Å². The Morgan fingerprint density at radius 2 is 1.15 bits per heavy atom. The smallest absolute Gasteiger partial charge is 0.0672 e. The molecule has 0 amide bonds. The number of unbranched alkanes of at least 4 members (excludes halogenated alkanes) is 4. The highest BCUT2D eigenvalue weighted by Crippen LogP contribution is 2.38. The molecular formula is C11H22I2. The van der Waals surface area contributed by atoms with Gasteiger partial charge in [0.15, 0.2) is 0 Å². The Morgan fingerprint density at radius 3 is 1.46 bits per heavy atom. The summed E-state index contributed by atoms with van der Waals surface area (Å²) in [5.74, 6) is 0. The molecule has 80 valence electrons. The first-order valence-electron chi connectivity index (χ1n) is 5.50. The van der Waals surface area contributed by atoms with Gasteiger partial charge in [0, 0.05) is 0 Å². The van der Waals surface area contributed by atoms with E-state index < -0.39 is 0 Å².